The van der Waals surface area contributed by atoms with E-state index in [4.69, 9.17) is 4.74 Å². The Balaban J connectivity index is 1.70. The van der Waals surface area contributed by atoms with Crippen molar-refractivity contribution in [1.29, 1.82) is 0 Å². The van der Waals surface area contributed by atoms with E-state index in [-0.39, 0.29) is 29.3 Å². The molecule has 3 aromatic rings. The Morgan fingerprint density at radius 3 is 2.13 bits per heavy atom. The van der Waals surface area contributed by atoms with Gasteiger partial charge in [-0.2, -0.15) is 0 Å². The molecule has 0 fully saturated rings. The van der Waals surface area contributed by atoms with Crippen LogP contribution >= 0.6 is 0 Å². The summed E-state index contributed by atoms with van der Waals surface area (Å²) in [4.78, 5) is 22.5. The Labute approximate surface area is 179 Å². The molecule has 0 aliphatic heterocycles. The normalized spacial score (nSPS) is 11.0. The summed E-state index contributed by atoms with van der Waals surface area (Å²) in [7, 11) is -3.79. The first-order valence-electron chi connectivity index (χ1n) is 9.41. The quantitative estimate of drug-likeness (QED) is 0.296. The van der Waals surface area contributed by atoms with Gasteiger partial charge in [0, 0.05) is 18.7 Å². The molecule has 0 aromatic heterocycles. The number of ether oxygens (including phenoxy) is 1. The molecule has 0 bridgehead atoms. The smallest absolute Gasteiger partial charge is 0.338 e. The molecule has 3 aromatic carbocycles. The number of nitrogens with zero attached hydrogens (tertiary/aromatic N) is 2. The van der Waals surface area contributed by atoms with Crippen LogP contribution in [0.5, 0.6) is 0 Å². The van der Waals surface area contributed by atoms with Crippen molar-refractivity contribution in [1.82, 2.24) is 0 Å². The summed E-state index contributed by atoms with van der Waals surface area (Å²) in [6.07, 6.45) is 0. The molecule has 9 heteroatoms. The van der Waals surface area contributed by atoms with Gasteiger partial charge in [0.05, 0.1) is 21.1 Å². The maximum atomic E-state index is 13.0. The van der Waals surface area contributed by atoms with Gasteiger partial charge in [0.15, 0.2) is 0 Å². The second kappa shape index (κ2) is 9.40. The van der Waals surface area contributed by atoms with E-state index in [1.54, 1.807) is 37.3 Å². The van der Waals surface area contributed by atoms with Crippen LogP contribution in [0.4, 0.5) is 11.4 Å². The molecular formula is C22H20N2O6S. The van der Waals surface area contributed by atoms with Crippen molar-refractivity contribution in [3.63, 3.8) is 0 Å². The molecule has 0 atom stereocenters. The number of rotatable bonds is 8. The van der Waals surface area contributed by atoms with Crippen LogP contribution in [0.3, 0.4) is 0 Å². The largest absolute Gasteiger partial charge is 0.457 e. The zero-order valence-corrected chi connectivity index (χ0v) is 17.5. The van der Waals surface area contributed by atoms with E-state index < -0.39 is 20.9 Å². The molecule has 0 saturated heterocycles. The lowest BCUT2D eigenvalue weighted by atomic mass is 10.2. The standard InChI is InChI=1S/C22H20N2O6S/c1-2-23(19-6-4-3-5-7-19)31(28,29)21-14-10-18(11-15-21)22(25)30-16-17-8-12-20(13-9-17)24(26)27/h3-15H,2,16H2,1H3. The van der Waals surface area contributed by atoms with Crippen molar-refractivity contribution < 1.29 is 22.9 Å². The van der Waals surface area contributed by atoms with Crippen molar-refractivity contribution in [2.24, 2.45) is 0 Å². The van der Waals surface area contributed by atoms with Crippen LogP contribution in [0, 0.1) is 10.1 Å². The third-order valence-corrected chi connectivity index (χ3v) is 6.44. The molecule has 0 aliphatic carbocycles. The first-order valence-corrected chi connectivity index (χ1v) is 10.8. The van der Waals surface area contributed by atoms with Crippen LogP contribution in [0.15, 0.2) is 83.8 Å². The van der Waals surface area contributed by atoms with E-state index in [2.05, 4.69) is 0 Å². The second-order valence-electron chi connectivity index (χ2n) is 6.53. The van der Waals surface area contributed by atoms with Crippen molar-refractivity contribution in [2.75, 3.05) is 10.8 Å². The van der Waals surface area contributed by atoms with Gasteiger partial charge in [0.2, 0.25) is 0 Å². The van der Waals surface area contributed by atoms with Crippen molar-refractivity contribution in [3.05, 3.63) is 100 Å². The van der Waals surface area contributed by atoms with Crippen molar-refractivity contribution in [3.8, 4) is 0 Å². The molecular weight excluding hydrogens is 420 g/mol. The van der Waals surface area contributed by atoms with Crippen LogP contribution in [0.1, 0.15) is 22.8 Å². The molecule has 0 heterocycles. The molecule has 0 saturated carbocycles. The molecule has 0 spiro atoms. The van der Waals surface area contributed by atoms with E-state index in [0.717, 1.165) is 0 Å². The van der Waals surface area contributed by atoms with Crippen LogP contribution < -0.4 is 4.31 Å². The summed E-state index contributed by atoms with van der Waals surface area (Å²) in [5.74, 6) is -0.627. The number of anilines is 1. The maximum absolute atomic E-state index is 13.0. The first kappa shape index (κ1) is 22.0. The number of carbonyl (C=O) groups is 1. The highest BCUT2D eigenvalue weighted by atomic mass is 32.2. The number of esters is 1. The van der Waals surface area contributed by atoms with Crippen molar-refractivity contribution in [2.45, 2.75) is 18.4 Å². The van der Waals surface area contributed by atoms with E-state index in [9.17, 15) is 23.3 Å². The number of para-hydroxylation sites is 1. The lowest BCUT2D eigenvalue weighted by molar-refractivity contribution is -0.384. The average molecular weight is 440 g/mol. The minimum Gasteiger partial charge on any atom is -0.457 e. The third kappa shape index (κ3) is 5.07. The van der Waals surface area contributed by atoms with Gasteiger partial charge in [-0.25, -0.2) is 13.2 Å². The van der Waals surface area contributed by atoms with E-state index in [0.29, 0.717) is 11.3 Å². The fraction of sp³-hybridized carbons (Fsp3) is 0.136. The zero-order valence-electron chi connectivity index (χ0n) is 16.7. The van der Waals surface area contributed by atoms with Gasteiger partial charge >= 0.3 is 5.97 Å². The molecule has 31 heavy (non-hydrogen) atoms. The maximum Gasteiger partial charge on any atom is 0.338 e. The van der Waals surface area contributed by atoms with Gasteiger partial charge in [0.1, 0.15) is 6.61 Å². The molecule has 160 valence electrons. The zero-order chi connectivity index (χ0) is 22.4. The number of benzene rings is 3. The Hall–Kier alpha value is -3.72. The molecule has 0 unspecified atom stereocenters. The molecule has 0 amide bonds. The second-order valence-corrected chi connectivity index (χ2v) is 8.39. The highest BCUT2D eigenvalue weighted by molar-refractivity contribution is 7.92. The Bertz CT molecular complexity index is 1160. The van der Waals surface area contributed by atoms with Gasteiger partial charge in [-0.1, -0.05) is 18.2 Å². The average Bonchev–Trinajstić information content (AvgIpc) is 2.79. The van der Waals surface area contributed by atoms with Gasteiger partial charge in [-0.05, 0) is 61.0 Å². The summed E-state index contributed by atoms with van der Waals surface area (Å²) >= 11 is 0. The predicted octanol–water partition coefficient (Wildman–Crippen LogP) is 4.17. The lowest BCUT2D eigenvalue weighted by Gasteiger charge is -2.22. The summed E-state index contributed by atoms with van der Waals surface area (Å²) in [6.45, 7) is 1.94. The minimum absolute atomic E-state index is 0.0523. The number of carbonyl (C=O) groups excluding carboxylic acids is 1. The fourth-order valence-corrected chi connectivity index (χ4v) is 4.40. The van der Waals surface area contributed by atoms with Gasteiger partial charge in [-0.3, -0.25) is 14.4 Å². The third-order valence-electron chi connectivity index (χ3n) is 4.53. The SMILES string of the molecule is CCN(c1ccccc1)S(=O)(=O)c1ccc(C(=O)OCc2ccc([N+](=O)[O-])cc2)cc1. The Morgan fingerprint density at radius 2 is 1.58 bits per heavy atom. The first-order chi connectivity index (χ1) is 14.8. The van der Waals surface area contributed by atoms with E-state index >= 15 is 0 Å². The van der Waals surface area contributed by atoms with E-state index in [1.807, 2.05) is 0 Å². The molecule has 0 aliphatic rings. The summed E-state index contributed by atoms with van der Waals surface area (Å²) in [5, 5.41) is 10.7. The number of nitro benzene ring substituents is 1. The number of sulfonamides is 1. The number of non-ortho nitro benzene ring substituents is 1. The number of hydrogen-bond acceptors (Lipinski definition) is 6. The van der Waals surface area contributed by atoms with Gasteiger partial charge < -0.3 is 4.74 Å². The molecule has 8 nitrogen and oxygen atoms in total. The van der Waals surface area contributed by atoms with Crippen LogP contribution in [0.25, 0.3) is 0 Å². The number of nitro groups is 1. The summed E-state index contributed by atoms with van der Waals surface area (Å²) < 4.78 is 32.5. The summed E-state index contributed by atoms with van der Waals surface area (Å²) in [5.41, 5.74) is 1.29. The van der Waals surface area contributed by atoms with Crippen molar-refractivity contribution >= 4 is 27.4 Å². The van der Waals surface area contributed by atoms with Crippen LogP contribution in [-0.2, 0) is 21.4 Å². The summed E-state index contributed by atoms with van der Waals surface area (Å²) in [6, 6.07) is 19.9. The monoisotopic (exact) mass is 440 g/mol. The lowest BCUT2D eigenvalue weighted by Crippen LogP contribution is -2.30. The molecule has 3 rings (SSSR count). The van der Waals surface area contributed by atoms with Crippen LogP contribution in [-0.4, -0.2) is 25.9 Å². The topological polar surface area (TPSA) is 107 Å². The minimum atomic E-state index is -3.79. The van der Waals surface area contributed by atoms with Gasteiger partial charge in [0.25, 0.3) is 15.7 Å². The van der Waals surface area contributed by atoms with E-state index in [1.165, 1.54) is 52.8 Å². The molecule has 0 N–H and O–H groups in total. The fourth-order valence-electron chi connectivity index (χ4n) is 2.92. The van der Waals surface area contributed by atoms with Gasteiger partial charge in [-0.15, -0.1) is 0 Å². The number of hydrogen-bond donors (Lipinski definition) is 0. The Kier molecular flexibility index (Phi) is 6.66. The molecule has 0 radical (unpaired) electrons. The highest BCUT2D eigenvalue weighted by Gasteiger charge is 2.23. The highest BCUT2D eigenvalue weighted by Crippen LogP contribution is 2.23. The Morgan fingerprint density at radius 1 is 0.968 bits per heavy atom. The van der Waals surface area contributed by atoms with Crippen LogP contribution in [0.2, 0.25) is 0 Å². The predicted molar refractivity (Wildman–Crippen MR) is 115 cm³/mol.